The van der Waals surface area contributed by atoms with E-state index < -0.39 is 0 Å². The second-order valence-corrected chi connectivity index (χ2v) is 7.74. The maximum Gasteiger partial charge on any atom is 0.271 e. The van der Waals surface area contributed by atoms with Gasteiger partial charge in [0.1, 0.15) is 5.69 Å². The Hall–Kier alpha value is -1.73. The molecule has 1 amide bonds. The minimum atomic E-state index is -0.0670. The van der Waals surface area contributed by atoms with Gasteiger partial charge in [0.05, 0.1) is 10.7 Å². The third-order valence-electron chi connectivity index (χ3n) is 4.75. The van der Waals surface area contributed by atoms with Crippen LogP contribution in [0.3, 0.4) is 0 Å². The van der Waals surface area contributed by atoms with Gasteiger partial charge in [-0.05, 0) is 31.7 Å². The zero-order valence-corrected chi connectivity index (χ0v) is 14.8. The highest BCUT2D eigenvalue weighted by molar-refractivity contribution is 7.09. The minimum absolute atomic E-state index is 0.0670. The molecule has 2 aromatic heterocycles. The highest BCUT2D eigenvalue weighted by Crippen LogP contribution is 2.41. The molecule has 128 valence electrons. The van der Waals surface area contributed by atoms with E-state index in [1.54, 1.807) is 16.9 Å². The molecular weight excluding hydrogens is 322 g/mol. The predicted octanol–water partition coefficient (Wildman–Crippen LogP) is 2.15. The summed E-state index contributed by atoms with van der Waals surface area (Å²) in [6.45, 7) is 2.94. The van der Waals surface area contributed by atoms with Crippen molar-refractivity contribution in [2.24, 2.45) is 7.05 Å². The molecule has 0 aromatic carbocycles. The van der Waals surface area contributed by atoms with Crippen LogP contribution in [-0.2, 0) is 13.6 Å². The zero-order chi connectivity index (χ0) is 16.5. The zero-order valence-electron chi connectivity index (χ0n) is 13.9. The second-order valence-electron chi connectivity index (χ2n) is 6.85. The van der Waals surface area contributed by atoms with Gasteiger partial charge < -0.3 is 5.32 Å². The van der Waals surface area contributed by atoms with E-state index in [0.29, 0.717) is 5.69 Å². The van der Waals surface area contributed by atoms with Crippen LogP contribution in [0.2, 0.25) is 0 Å². The minimum Gasteiger partial charge on any atom is -0.348 e. The van der Waals surface area contributed by atoms with Gasteiger partial charge in [-0.25, -0.2) is 4.98 Å². The van der Waals surface area contributed by atoms with Crippen LogP contribution in [0.5, 0.6) is 0 Å². The average Bonchev–Trinajstić information content (AvgIpc) is 3.17. The van der Waals surface area contributed by atoms with Crippen LogP contribution >= 0.6 is 11.3 Å². The summed E-state index contributed by atoms with van der Waals surface area (Å²) in [7, 11) is 1.82. The van der Waals surface area contributed by atoms with Gasteiger partial charge in [-0.1, -0.05) is 0 Å². The Labute approximate surface area is 145 Å². The average molecular weight is 345 g/mol. The summed E-state index contributed by atoms with van der Waals surface area (Å²) in [5, 5.41) is 10.8. The molecule has 4 rings (SSSR count). The summed E-state index contributed by atoms with van der Waals surface area (Å²) < 4.78 is 1.65. The van der Waals surface area contributed by atoms with Gasteiger partial charge in [-0.2, -0.15) is 5.10 Å². The van der Waals surface area contributed by atoms with Crippen LogP contribution in [0, 0.1) is 0 Å². The van der Waals surface area contributed by atoms with Gasteiger partial charge in [0.2, 0.25) is 0 Å². The number of nitrogens with one attached hydrogen (secondary N) is 1. The molecular formula is C17H23N5OS. The maximum atomic E-state index is 12.2. The smallest absolute Gasteiger partial charge is 0.271 e. The van der Waals surface area contributed by atoms with Gasteiger partial charge in [0.25, 0.3) is 5.91 Å². The largest absolute Gasteiger partial charge is 0.348 e. The van der Waals surface area contributed by atoms with E-state index in [0.717, 1.165) is 38.4 Å². The standard InChI is InChI=1S/C17H23N5OS/c1-21-7-6-15(20-21)16(23)18-13-4-8-22(9-5-13)10-14-11-24-17(19-14)12-2-3-12/h6-7,11-13H,2-5,8-10H2,1H3,(H,18,23). The first-order valence-electron chi connectivity index (χ1n) is 8.64. The number of amides is 1. The van der Waals surface area contributed by atoms with Crippen LogP contribution in [0.25, 0.3) is 0 Å². The summed E-state index contributed by atoms with van der Waals surface area (Å²) in [6.07, 6.45) is 6.39. The lowest BCUT2D eigenvalue weighted by atomic mass is 10.0. The van der Waals surface area contributed by atoms with Crippen molar-refractivity contribution in [1.82, 2.24) is 25.0 Å². The number of hydrogen-bond acceptors (Lipinski definition) is 5. The monoisotopic (exact) mass is 345 g/mol. The number of aromatic nitrogens is 3. The number of aryl methyl sites for hydroxylation is 1. The van der Waals surface area contributed by atoms with Crippen LogP contribution in [-0.4, -0.2) is 44.7 Å². The van der Waals surface area contributed by atoms with Gasteiger partial charge in [0.15, 0.2) is 0 Å². The first-order valence-corrected chi connectivity index (χ1v) is 9.52. The highest BCUT2D eigenvalue weighted by atomic mass is 32.1. The van der Waals surface area contributed by atoms with E-state index >= 15 is 0 Å². The fourth-order valence-corrected chi connectivity index (χ4v) is 4.16. The molecule has 0 unspecified atom stereocenters. The van der Waals surface area contributed by atoms with Crippen molar-refractivity contribution in [3.63, 3.8) is 0 Å². The molecule has 0 spiro atoms. The molecule has 0 bridgehead atoms. The Bertz CT molecular complexity index is 712. The molecule has 6 nitrogen and oxygen atoms in total. The number of carbonyl (C=O) groups is 1. The molecule has 2 fully saturated rings. The number of thiazole rings is 1. The highest BCUT2D eigenvalue weighted by Gasteiger charge is 2.27. The van der Waals surface area contributed by atoms with Gasteiger partial charge >= 0.3 is 0 Å². The third-order valence-corrected chi connectivity index (χ3v) is 5.81. The first-order chi connectivity index (χ1) is 11.7. The quantitative estimate of drug-likeness (QED) is 0.902. The Kier molecular flexibility index (Phi) is 4.37. The Morgan fingerprint density at radius 3 is 2.79 bits per heavy atom. The van der Waals surface area contributed by atoms with E-state index in [9.17, 15) is 4.79 Å². The van der Waals surface area contributed by atoms with E-state index in [4.69, 9.17) is 4.98 Å². The molecule has 2 aromatic rings. The molecule has 3 heterocycles. The lowest BCUT2D eigenvalue weighted by Gasteiger charge is -2.31. The number of rotatable bonds is 5. The number of carbonyl (C=O) groups excluding carboxylic acids is 1. The van der Waals surface area contributed by atoms with E-state index in [-0.39, 0.29) is 11.9 Å². The normalized spacial score (nSPS) is 19.5. The van der Waals surface area contributed by atoms with Crippen molar-refractivity contribution in [3.8, 4) is 0 Å². The van der Waals surface area contributed by atoms with Crippen LogP contribution in [0.15, 0.2) is 17.6 Å². The number of hydrogen-bond donors (Lipinski definition) is 1. The summed E-state index contributed by atoms with van der Waals surface area (Å²) >= 11 is 1.81. The van der Waals surface area contributed by atoms with Crippen molar-refractivity contribution in [2.75, 3.05) is 13.1 Å². The topological polar surface area (TPSA) is 63.1 Å². The number of piperidine rings is 1. The molecule has 1 saturated heterocycles. The van der Waals surface area contributed by atoms with Gasteiger partial charge in [-0.15, -0.1) is 11.3 Å². The molecule has 1 N–H and O–H groups in total. The van der Waals surface area contributed by atoms with Crippen molar-refractivity contribution < 1.29 is 4.79 Å². The second kappa shape index (κ2) is 6.64. The van der Waals surface area contributed by atoms with Crippen molar-refractivity contribution in [2.45, 2.75) is 44.2 Å². The SMILES string of the molecule is Cn1ccc(C(=O)NC2CCN(Cc3csc(C4CC4)n3)CC2)n1. The molecule has 1 saturated carbocycles. The molecule has 24 heavy (non-hydrogen) atoms. The van der Waals surface area contributed by atoms with Crippen molar-refractivity contribution in [3.05, 3.63) is 34.0 Å². The summed E-state index contributed by atoms with van der Waals surface area (Å²) in [5.41, 5.74) is 1.70. The molecule has 7 heteroatoms. The summed E-state index contributed by atoms with van der Waals surface area (Å²) in [5.74, 6) is 0.680. The molecule has 1 aliphatic carbocycles. The Morgan fingerprint density at radius 2 is 2.12 bits per heavy atom. The fraction of sp³-hybridized carbons (Fsp3) is 0.588. The first kappa shape index (κ1) is 15.8. The van der Waals surface area contributed by atoms with Crippen molar-refractivity contribution >= 4 is 17.2 Å². The lowest BCUT2D eigenvalue weighted by molar-refractivity contribution is 0.0903. The molecule has 1 aliphatic heterocycles. The van der Waals surface area contributed by atoms with E-state index in [1.807, 2.05) is 18.4 Å². The number of nitrogens with zero attached hydrogens (tertiary/aromatic N) is 4. The predicted molar refractivity (Wildman–Crippen MR) is 93.1 cm³/mol. The molecule has 0 radical (unpaired) electrons. The van der Waals surface area contributed by atoms with Crippen LogP contribution in [0.4, 0.5) is 0 Å². The number of likely N-dealkylation sites (tertiary alicyclic amines) is 1. The summed E-state index contributed by atoms with van der Waals surface area (Å²) in [4.78, 5) is 19.4. The Balaban J connectivity index is 1.24. The molecule has 0 atom stereocenters. The van der Waals surface area contributed by atoms with Gasteiger partial charge in [0, 0.05) is 50.2 Å². The lowest BCUT2D eigenvalue weighted by Crippen LogP contribution is -2.44. The van der Waals surface area contributed by atoms with Gasteiger partial charge in [-0.3, -0.25) is 14.4 Å². The van der Waals surface area contributed by atoms with Crippen LogP contribution in [0.1, 0.15) is 52.8 Å². The maximum absolute atomic E-state index is 12.2. The van der Waals surface area contributed by atoms with E-state index in [1.165, 1.54) is 23.5 Å². The van der Waals surface area contributed by atoms with Crippen LogP contribution < -0.4 is 5.32 Å². The summed E-state index contributed by atoms with van der Waals surface area (Å²) in [6, 6.07) is 2.00. The fourth-order valence-electron chi connectivity index (χ4n) is 3.17. The van der Waals surface area contributed by atoms with Crippen molar-refractivity contribution in [1.29, 1.82) is 0 Å². The molecule has 2 aliphatic rings. The Morgan fingerprint density at radius 1 is 1.33 bits per heavy atom. The third kappa shape index (κ3) is 3.67. The van der Waals surface area contributed by atoms with E-state index in [2.05, 4.69) is 20.7 Å².